The summed E-state index contributed by atoms with van der Waals surface area (Å²) in [5.41, 5.74) is 1.32. The molecule has 1 fully saturated rings. The van der Waals surface area contributed by atoms with Crippen molar-refractivity contribution in [2.75, 3.05) is 18.4 Å². The number of hydrogen-bond donors (Lipinski definition) is 3. The van der Waals surface area contributed by atoms with Crippen molar-refractivity contribution < 1.29 is 19.6 Å². The SMILES string of the molecule is Cc1ccc(NCCCNC(=O)C2CCCC(C(=O)O)C2)c([N+](=O)[O-])c1. The van der Waals surface area contributed by atoms with Gasteiger partial charge in [-0.15, -0.1) is 0 Å². The van der Waals surface area contributed by atoms with Gasteiger partial charge in [0.2, 0.25) is 5.91 Å². The second-order valence-electron chi connectivity index (χ2n) is 6.75. The van der Waals surface area contributed by atoms with E-state index >= 15 is 0 Å². The lowest BCUT2D eigenvalue weighted by molar-refractivity contribution is -0.384. The van der Waals surface area contributed by atoms with Gasteiger partial charge in [-0.3, -0.25) is 19.7 Å². The Hall–Kier alpha value is -2.64. The fourth-order valence-corrected chi connectivity index (χ4v) is 3.26. The molecular formula is C18H25N3O5. The van der Waals surface area contributed by atoms with Crippen LogP contribution in [0.15, 0.2) is 18.2 Å². The van der Waals surface area contributed by atoms with Gasteiger partial charge in [0.25, 0.3) is 5.69 Å². The molecule has 26 heavy (non-hydrogen) atoms. The second kappa shape index (κ2) is 9.17. The number of benzene rings is 1. The summed E-state index contributed by atoms with van der Waals surface area (Å²) in [6.45, 7) is 2.73. The smallest absolute Gasteiger partial charge is 0.306 e. The Bertz CT molecular complexity index is 677. The molecule has 0 aliphatic heterocycles. The van der Waals surface area contributed by atoms with Crippen LogP contribution in [0.2, 0.25) is 0 Å². The van der Waals surface area contributed by atoms with E-state index in [9.17, 15) is 19.7 Å². The van der Waals surface area contributed by atoms with E-state index < -0.39 is 16.8 Å². The fourth-order valence-electron chi connectivity index (χ4n) is 3.26. The zero-order chi connectivity index (χ0) is 19.1. The van der Waals surface area contributed by atoms with E-state index in [1.165, 1.54) is 6.07 Å². The number of nitrogens with one attached hydrogen (secondary N) is 2. The van der Waals surface area contributed by atoms with Crippen molar-refractivity contribution in [2.24, 2.45) is 11.8 Å². The van der Waals surface area contributed by atoms with Gasteiger partial charge < -0.3 is 15.7 Å². The maximum atomic E-state index is 12.2. The van der Waals surface area contributed by atoms with Crippen LogP contribution in [0, 0.1) is 28.9 Å². The third-order valence-electron chi connectivity index (χ3n) is 4.71. The number of nitrogens with zero attached hydrogens (tertiary/aromatic N) is 1. The molecule has 0 heterocycles. The second-order valence-corrected chi connectivity index (χ2v) is 6.75. The molecule has 1 aliphatic carbocycles. The molecule has 0 aromatic heterocycles. The van der Waals surface area contributed by atoms with Gasteiger partial charge in [0.1, 0.15) is 5.69 Å². The average molecular weight is 363 g/mol. The van der Waals surface area contributed by atoms with Gasteiger partial charge in [-0.05, 0) is 44.2 Å². The molecule has 0 spiro atoms. The van der Waals surface area contributed by atoms with Gasteiger partial charge >= 0.3 is 5.97 Å². The Kier molecular flexibility index (Phi) is 6.94. The van der Waals surface area contributed by atoms with Crippen molar-refractivity contribution >= 4 is 23.3 Å². The first-order valence-electron chi connectivity index (χ1n) is 8.88. The van der Waals surface area contributed by atoms with Crippen LogP contribution in [0.3, 0.4) is 0 Å². The zero-order valence-electron chi connectivity index (χ0n) is 14.9. The molecule has 1 saturated carbocycles. The van der Waals surface area contributed by atoms with Crippen molar-refractivity contribution in [1.29, 1.82) is 0 Å². The molecular weight excluding hydrogens is 338 g/mol. The minimum Gasteiger partial charge on any atom is -0.481 e. The minimum atomic E-state index is -0.827. The number of carboxylic acid groups (broad SMARTS) is 1. The molecule has 2 atom stereocenters. The molecule has 0 saturated heterocycles. The number of carbonyl (C=O) groups excluding carboxylic acids is 1. The van der Waals surface area contributed by atoms with Gasteiger partial charge in [0, 0.05) is 25.1 Å². The summed E-state index contributed by atoms with van der Waals surface area (Å²) in [6, 6.07) is 5.01. The van der Waals surface area contributed by atoms with Crippen molar-refractivity contribution in [3.8, 4) is 0 Å². The first-order chi connectivity index (χ1) is 12.4. The summed E-state index contributed by atoms with van der Waals surface area (Å²) in [7, 11) is 0. The Morgan fingerprint density at radius 1 is 1.27 bits per heavy atom. The highest BCUT2D eigenvalue weighted by Crippen LogP contribution is 2.29. The lowest BCUT2D eigenvalue weighted by Crippen LogP contribution is -2.36. The monoisotopic (exact) mass is 363 g/mol. The number of rotatable bonds is 8. The van der Waals surface area contributed by atoms with Crippen molar-refractivity contribution in [3.05, 3.63) is 33.9 Å². The van der Waals surface area contributed by atoms with E-state index in [-0.39, 0.29) is 17.5 Å². The summed E-state index contributed by atoms with van der Waals surface area (Å²) in [5, 5.41) is 26.0. The number of nitro benzene ring substituents is 1. The van der Waals surface area contributed by atoms with E-state index in [0.29, 0.717) is 38.0 Å². The van der Waals surface area contributed by atoms with E-state index in [1.807, 2.05) is 0 Å². The molecule has 2 unspecified atom stereocenters. The summed E-state index contributed by atoms with van der Waals surface area (Å²) in [4.78, 5) is 33.9. The molecule has 2 rings (SSSR count). The summed E-state index contributed by atoms with van der Waals surface area (Å²) >= 11 is 0. The third kappa shape index (κ3) is 5.44. The molecule has 1 aromatic carbocycles. The molecule has 0 bridgehead atoms. The van der Waals surface area contributed by atoms with Crippen LogP contribution < -0.4 is 10.6 Å². The molecule has 1 amide bonds. The highest BCUT2D eigenvalue weighted by atomic mass is 16.6. The number of carbonyl (C=O) groups is 2. The third-order valence-corrected chi connectivity index (χ3v) is 4.71. The standard InChI is InChI=1S/C18H25N3O5/c1-12-6-7-15(16(10-12)21(25)26)19-8-3-9-20-17(22)13-4-2-5-14(11-13)18(23)24/h6-7,10,13-14,19H,2-5,8-9,11H2,1H3,(H,20,22)(H,23,24). The molecule has 142 valence electrons. The van der Waals surface area contributed by atoms with Gasteiger partial charge in [0.15, 0.2) is 0 Å². The normalized spacial score (nSPS) is 19.6. The summed E-state index contributed by atoms with van der Waals surface area (Å²) in [5.74, 6) is -1.59. The van der Waals surface area contributed by atoms with E-state index in [2.05, 4.69) is 10.6 Å². The topological polar surface area (TPSA) is 122 Å². The van der Waals surface area contributed by atoms with Crippen LogP contribution in [-0.2, 0) is 9.59 Å². The molecule has 3 N–H and O–H groups in total. The Morgan fingerprint density at radius 2 is 2.00 bits per heavy atom. The number of amides is 1. The van der Waals surface area contributed by atoms with Crippen molar-refractivity contribution in [2.45, 2.75) is 39.0 Å². The lowest BCUT2D eigenvalue weighted by atomic mass is 9.81. The number of nitro groups is 1. The maximum Gasteiger partial charge on any atom is 0.306 e. The van der Waals surface area contributed by atoms with E-state index in [0.717, 1.165) is 18.4 Å². The van der Waals surface area contributed by atoms with Gasteiger partial charge in [0.05, 0.1) is 10.8 Å². The fraction of sp³-hybridized carbons (Fsp3) is 0.556. The highest BCUT2D eigenvalue weighted by molar-refractivity contribution is 5.80. The number of aliphatic carboxylic acids is 1. The van der Waals surface area contributed by atoms with Crippen LogP contribution in [-0.4, -0.2) is 35.0 Å². The Balaban J connectivity index is 1.73. The van der Waals surface area contributed by atoms with Crippen LogP contribution in [0.1, 0.15) is 37.7 Å². The number of aryl methyl sites for hydroxylation is 1. The lowest BCUT2D eigenvalue weighted by Gasteiger charge is -2.25. The quantitative estimate of drug-likeness (QED) is 0.371. The number of carboxylic acids is 1. The molecule has 0 radical (unpaired) electrons. The van der Waals surface area contributed by atoms with Crippen molar-refractivity contribution in [1.82, 2.24) is 5.32 Å². The van der Waals surface area contributed by atoms with Crippen LogP contribution >= 0.6 is 0 Å². The van der Waals surface area contributed by atoms with Crippen LogP contribution in [0.5, 0.6) is 0 Å². The average Bonchev–Trinajstić information content (AvgIpc) is 2.62. The first kappa shape index (κ1) is 19.7. The highest BCUT2D eigenvalue weighted by Gasteiger charge is 2.30. The summed E-state index contributed by atoms with van der Waals surface area (Å²) in [6.07, 6.45) is 3.14. The van der Waals surface area contributed by atoms with E-state index in [4.69, 9.17) is 5.11 Å². The predicted octanol–water partition coefficient (Wildman–Crippen LogP) is 2.71. The van der Waals surface area contributed by atoms with Crippen LogP contribution in [0.4, 0.5) is 11.4 Å². The van der Waals surface area contributed by atoms with E-state index in [1.54, 1.807) is 19.1 Å². The molecule has 1 aromatic rings. The predicted molar refractivity (Wildman–Crippen MR) is 97.0 cm³/mol. The minimum absolute atomic E-state index is 0.0379. The van der Waals surface area contributed by atoms with Gasteiger partial charge in [-0.1, -0.05) is 12.5 Å². The van der Waals surface area contributed by atoms with Crippen molar-refractivity contribution in [3.63, 3.8) is 0 Å². The van der Waals surface area contributed by atoms with Gasteiger partial charge in [-0.25, -0.2) is 0 Å². The Labute approximate surface area is 152 Å². The molecule has 8 nitrogen and oxygen atoms in total. The molecule has 1 aliphatic rings. The maximum absolute atomic E-state index is 12.2. The number of hydrogen-bond acceptors (Lipinski definition) is 5. The Morgan fingerprint density at radius 3 is 2.69 bits per heavy atom. The largest absolute Gasteiger partial charge is 0.481 e. The summed E-state index contributed by atoms with van der Waals surface area (Å²) < 4.78 is 0. The molecule has 8 heteroatoms. The van der Waals surface area contributed by atoms with Crippen LogP contribution in [0.25, 0.3) is 0 Å². The zero-order valence-corrected chi connectivity index (χ0v) is 14.9. The first-order valence-corrected chi connectivity index (χ1v) is 8.88. The number of anilines is 1. The van der Waals surface area contributed by atoms with Gasteiger partial charge in [-0.2, -0.15) is 0 Å².